The van der Waals surface area contributed by atoms with E-state index in [0.29, 0.717) is 11.3 Å². The fraction of sp³-hybridized carbons (Fsp3) is 0.312. The lowest BCUT2D eigenvalue weighted by Crippen LogP contribution is -2.38. The predicted octanol–water partition coefficient (Wildman–Crippen LogP) is 1.39. The van der Waals surface area contributed by atoms with Crippen LogP contribution in [-0.2, 0) is 14.3 Å². The maximum Gasteiger partial charge on any atom is 0.241 e. The second kappa shape index (κ2) is 3.80. The van der Waals surface area contributed by atoms with Gasteiger partial charge in [0.2, 0.25) is 11.8 Å². The molecule has 5 nitrogen and oxygen atoms in total. The van der Waals surface area contributed by atoms with Crippen molar-refractivity contribution in [3.8, 4) is 6.07 Å². The van der Waals surface area contributed by atoms with Gasteiger partial charge in [-0.25, -0.2) is 4.90 Å². The van der Waals surface area contributed by atoms with Gasteiger partial charge in [0.25, 0.3) is 0 Å². The lowest BCUT2D eigenvalue weighted by atomic mass is 9.78. The minimum atomic E-state index is -0.677. The Balaban J connectivity index is 1.75. The first-order valence-electron chi connectivity index (χ1n) is 6.80. The van der Waals surface area contributed by atoms with Gasteiger partial charge >= 0.3 is 0 Å². The first-order chi connectivity index (χ1) is 10.0. The van der Waals surface area contributed by atoms with Gasteiger partial charge in [-0.15, -0.1) is 0 Å². The van der Waals surface area contributed by atoms with Crippen LogP contribution in [0.1, 0.15) is 12.5 Å². The SMILES string of the molecule is CC12C=CC(O1)C1C(=O)N(c3ccc(C#N)cc3)C(=O)C12. The number of fused-ring (bicyclic) bond motifs is 5. The molecule has 3 heterocycles. The van der Waals surface area contributed by atoms with Crippen LogP contribution in [0.3, 0.4) is 0 Å². The van der Waals surface area contributed by atoms with Crippen LogP contribution in [-0.4, -0.2) is 23.5 Å². The standard InChI is InChI=1S/C16H12N2O3/c1-16-7-6-11(21-16)12-13(16)15(20)18(14(12)19)10-4-2-9(8-17)3-5-10/h2-7,11-13H,1H3. The van der Waals surface area contributed by atoms with Crippen LogP contribution < -0.4 is 4.90 Å². The number of hydrogen-bond acceptors (Lipinski definition) is 4. The smallest absolute Gasteiger partial charge is 0.241 e. The van der Waals surface area contributed by atoms with Crippen molar-refractivity contribution in [3.05, 3.63) is 42.0 Å². The van der Waals surface area contributed by atoms with E-state index in [9.17, 15) is 9.59 Å². The van der Waals surface area contributed by atoms with Gasteiger partial charge in [-0.3, -0.25) is 9.59 Å². The molecule has 2 amide bonds. The molecule has 0 aromatic heterocycles. The summed E-state index contributed by atoms with van der Waals surface area (Å²) in [6, 6.07) is 8.50. The fourth-order valence-electron chi connectivity index (χ4n) is 3.59. The van der Waals surface area contributed by atoms with Crippen molar-refractivity contribution in [2.45, 2.75) is 18.6 Å². The number of nitrogens with zero attached hydrogens (tertiary/aromatic N) is 2. The summed E-state index contributed by atoms with van der Waals surface area (Å²) in [5, 5.41) is 8.82. The van der Waals surface area contributed by atoms with E-state index in [1.165, 1.54) is 4.90 Å². The molecule has 4 rings (SSSR count). The Labute approximate surface area is 121 Å². The topological polar surface area (TPSA) is 70.4 Å². The third-order valence-electron chi connectivity index (χ3n) is 4.58. The van der Waals surface area contributed by atoms with E-state index in [1.54, 1.807) is 24.3 Å². The van der Waals surface area contributed by atoms with Crippen LogP contribution in [0.15, 0.2) is 36.4 Å². The Hall–Kier alpha value is -2.45. The molecule has 2 saturated heterocycles. The fourth-order valence-corrected chi connectivity index (χ4v) is 3.59. The molecule has 4 unspecified atom stereocenters. The number of imide groups is 1. The van der Waals surface area contributed by atoms with E-state index >= 15 is 0 Å². The highest BCUT2D eigenvalue weighted by Gasteiger charge is 2.65. The Morgan fingerprint density at radius 3 is 2.57 bits per heavy atom. The third-order valence-corrected chi connectivity index (χ3v) is 4.58. The van der Waals surface area contributed by atoms with Gasteiger partial charge in [0.15, 0.2) is 0 Å². The number of carbonyl (C=O) groups is 2. The van der Waals surface area contributed by atoms with Crippen molar-refractivity contribution in [2.24, 2.45) is 11.8 Å². The van der Waals surface area contributed by atoms with Crippen molar-refractivity contribution in [1.29, 1.82) is 5.26 Å². The molecule has 5 heteroatoms. The molecule has 0 radical (unpaired) electrons. The molecule has 3 aliphatic heterocycles. The minimum Gasteiger partial charge on any atom is -0.362 e. The summed E-state index contributed by atoms with van der Waals surface area (Å²) in [6.07, 6.45) is 3.45. The maximum absolute atomic E-state index is 12.7. The lowest BCUT2D eigenvalue weighted by molar-refractivity contribution is -0.126. The molecule has 0 saturated carbocycles. The molecule has 0 aliphatic carbocycles. The van der Waals surface area contributed by atoms with E-state index < -0.39 is 17.4 Å². The molecule has 0 N–H and O–H groups in total. The van der Waals surface area contributed by atoms with Crippen molar-refractivity contribution in [1.82, 2.24) is 0 Å². The maximum atomic E-state index is 12.7. The highest BCUT2D eigenvalue weighted by Crippen LogP contribution is 2.52. The second-order valence-electron chi connectivity index (χ2n) is 5.80. The summed E-state index contributed by atoms with van der Waals surface area (Å²) in [6.45, 7) is 1.85. The van der Waals surface area contributed by atoms with Gasteiger partial charge in [0.05, 0.1) is 40.9 Å². The molecule has 3 aliphatic rings. The quantitative estimate of drug-likeness (QED) is 0.576. The van der Waals surface area contributed by atoms with Gasteiger partial charge < -0.3 is 4.74 Å². The summed E-state index contributed by atoms with van der Waals surface area (Å²) in [4.78, 5) is 26.5. The Morgan fingerprint density at radius 1 is 1.24 bits per heavy atom. The number of carbonyl (C=O) groups excluding carboxylic acids is 2. The van der Waals surface area contributed by atoms with Crippen molar-refractivity contribution >= 4 is 17.5 Å². The van der Waals surface area contributed by atoms with E-state index in [2.05, 4.69) is 0 Å². The largest absolute Gasteiger partial charge is 0.362 e. The molecule has 2 bridgehead atoms. The van der Waals surface area contributed by atoms with Crippen LogP contribution in [0, 0.1) is 23.2 Å². The lowest BCUT2D eigenvalue weighted by Gasteiger charge is -2.24. The van der Waals surface area contributed by atoms with Crippen molar-refractivity contribution in [3.63, 3.8) is 0 Å². The molecular weight excluding hydrogens is 268 g/mol. The molecular formula is C16H12N2O3. The average Bonchev–Trinajstić information content (AvgIpc) is 3.09. The molecule has 2 fully saturated rings. The van der Waals surface area contributed by atoms with Crippen molar-refractivity contribution in [2.75, 3.05) is 4.90 Å². The van der Waals surface area contributed by atoms with E-state index in [1.807, 2.05) is 25.1 Å². The highest BCUT2D eigenvalue weighted by atomic mass is 16.5. The second-order valence-corrected chi connectivity index (χ2v) is 5.80. The van der Waals surface area contributed by atoms with E-state index in [4.69, 9.17) is 10.00 Å². The zero-order valence-electron chi connectivity index (χ0n) is 11.3. The normalized spacial score (nSPS) is 36.2. The number of benzene rings is 1. The zero-order valence-corrected chi connectivity index (χ0v) is 11.3. The molecule has 104 valence electrons. The van der Waals surface area contributed by atoms with Gasteiger partial charge in [0.1, 0.15) is 0 Å². The Bertz CT molecular complexity index is 731. The van der Waals surface area contributed by atoms with Gasteiger partial charge in [0, 0.05) is 0 Å². The van der Waals surface area contributed by atoms with E-state index in [0.717, 1.165) is 0 Å². The van der Waals surface area contributed by atoms with Crippen LogP contribution >= 0.6 is 0 Å². The Morgan fingerprint density at radius 2 is 1.95 bits per heavy atom. The number of ether oxygens (including phenoxy) is 1. The number of rotatable bonds is 1. The summed E-state index contributed by atoms with van der Waals surface area (Å²) >= 11 is 0. The predicted molar refractivity (Wildman–Crippen MR) is 73.0 cm³/mol. The first kappa shape index (κ1) is 12.3. The number of hydrogen-bond donors (Lipinski definition) is 0. The molecule has 1 aromatic carbocycles. The summed E-state index contributed by atoms with van der Waals surface area (Å²) < 4.78 is 5.77. The van der Waals surface area contributed by atoms with Crippen LogP contribution in [0.5, 0.6) is 0 Å². The van der Waals surface area contributed by atoms with Crippen LogP contribution in [0.4, 0.5) is 5.69 Å². The monoisotopic (exact) mass is 280 g/mol. The first-order valence-corrected chi connectivity index (χ1v) is 6.80. The van der Waals surface area contributed by atoms with Gasteiger partial charge in [-0.1, -0.05) is 12.2 Å². The highest BCUT2D eigenvalue weighted by molar-refractivity contribution is 6.23. The van der Waals surface area contributed by atoms with E-state index in [-0.39, 0.29) is 17.9 Å². The molecule has 21 heavy (non-hydrogen) atoms. The minimum absolute atomic E-state index is 0.215. The summed E-state index contributed by atoms with van der Waals surface area (Å²) in [5.41, 5.74) is 0.333. The molecule has 0 spiro atoms. The van der Waals surface area contributed by atoms with Crippen molar-refractivity contribution < 1.29 is 14.3 Å². The van der Waals surface area contributed by atoms with Gasteiger partial charge in [-0.2, -0.15) is 5.26 Å². The summed E-state index contributed by atoms with van der Waals surface area (Å²) in [7, 11) is 0. The zero-order chi connectivity index (χ0) is 14.8. The van der Waals surface area contributed by atoms with Crippen LogP contribution in [0.25, 0.3) is 0 Å². The summed E-state index contributed by atoms with van der Waals surface area (Å²) in [5.74, 6) is -1.31. The number of anilines is 1. The number of nitriles is 1. The molecule has 1 aromatic rings. The average molecular weight is 280 g/mol. The van der Waals surface area contributed by atoms with Gasteiger partial charge in [-0.05, 0) is 31.2 Å². The Kier molecular flexibility index (Phi) is 2.23. The third kappa shape index (κ3) is 1.43. The number of amides is 2. The molecule has 4 atom stereocenters. The van der Waals surface area contributed by atoms with Crippen LogP contribution in [0.2, 0.25) is 0 Å².